The van der Waals surface area contributed by atoms with E-state index in [0.717, 1.165) is 37.6 Å². The van der Waals surface area contributed by atoms with E-state index >= 15 is 0 Å². The molecule has 0 fully saturated rings. The number of rotatable bonds is 8. The summed E-state index contributed by atoms with van der Waals surface area (Å²) in [5.41, 5.74) is 0. The van der Waals surface area contributed by atoms with Crippen molar-refractivity contribution in [1.29, 1.82) is 0 Å². The number of hydrogen-bond acceptors (Lipinski definition) is 3. The fraction of sp³-hybridized carbons (Fsp3) is 0.467. The monoisotopic (exact) mass is 264 g/mol. The van der Waals surface area contributed by atoms with E-state index < -0.39 is 0 Å². The highest BCUT2D eigenvalue weighted by atomic mass is 16.5. The molecule has 0 unspecified atom stereocenters. The predicted molar refractivity (Wildman–Crippen MR) is 74.4 cm³/mol. The van der Waals surface area contributed by atoms with Crippen molar-refractivity contribution in [3.63, 3.8) is 0 Å². The number of quaternary nitrogens is 1. The summed E-state index contributed by atoms with van der Waals surface area (Å²) < 4.78 is 15.5. The molecule has 0 saturated heterocycles. The zero-order valence-corrected chi connectivity index (χ0v) is 11.6. The summed E-state index contributed by atoms with van der Waals surface area (Å²) in [5.74, 6) is 7.67. The maximum atomic E-state index is 5.49. The molecule has 0 heterocycles. The van der Waals surface area contributed by atoms with Crippen LogP contribution in [0, 0.1) is 11.8 Å². The molecule has 1 rings (SSSR count). The molecular formula is C15H22NO3+. The Hall–Kier alpha value is -1.70. The first-order chi connectivity index (χ1) is 9.36. The highest BCUT2D eigenvalue weighted by molar-refractivity contribution is 5.31. The largest absolute Gasteiger partial charge is 0.497 e. The molecule has 0 aliphatic heterocycles. The van der Waals surface area contributed by atoms with E-state index in [1.165, 1.54) is 0 Å². The van der Waals surface area contributed by atoms with Crippen molar-refractivity contribution in [2.24, 2.45) is 0 Å². The van der Waals surface area contributed by atoms with Gasteiger partial charge in [0, 0.05) is 13.5 Å². The van der Waals surface area contributed by atoms with Gasteiger partial charge in [0.05, 0.1) is 20.3 Å². The lowest BCUT2D eigenvalue weighted by atomic mass is 10.3. The molecule has 4 heteroatoms. The van der Waals surface area contributed by atoms with Crippen LogP contribution in [0.5, 0.6) is 11.5 Å². The zero-order chi connectivity index (χ0) is 13.8. The topological polar surface area (TPSA) is 44.3 Å². The molecule has 0 bridgehead atoms. The van der Waals surface area contributed by atoms with E-state index in [9.17, 15) is 0 Å². The molecule has 0 aliphatic carbocycles. The van der Waals surface area contributed by atoms with Crippen molar-refractivity contribution in [2.45, 2.75) is 6.42 Å². The number of ether oxygens (including phenoxy) is 3. The van der Waals surface area contributed by atoms with Gasteiger partial charge < -0.3 is 19.5 Å². The van der Waals surface area contributed by atoms with Crippen molar-refractivity contribution in [3.05, 3.63) is 24.3 Å². The van der Waals surface area contributed by atoms with Crippen LogP contribution < -0.4 is 14.8 Å². The first kappa shape index (κ1) is 15.4. The summed E-state index contributed by atoms with van der Waals surface area (Å²) in [6.45, 7) is 3.07. The van der Waals surface area contributed by atoms with Gasteiger partial charge in [-0.2, -0.15) is 0 Å². The second kappa shape index (κ2) is 10.2. The van der Waals surface area contributed by atoms with Crippen molar-refractivity contribution < 1.29 is 19.5 Å². The van der Waals surface area contributed by atoms with Gasteiger partial charge in [-0.3, -0.25) is 0 Å². The normalized spacial score (nSPS) is 9.58. The molecule has 0 aromatic heterocycles. The highest BCUT2D eigenvalue weighted by Crippen LogP contribution is 2.16. The smallest absolute Gasteiger partial charge is 0.149 e. The maximum absolute atomic E-state index is 5.49. The molecule has 0 amide bonds. The molecule has 104 valence electrons. The molecule has 19 heavy (non-hydrogen) atoms. The third-order valence-electron chi connectivity index (χ3n) is 2.50. The minimum Gasteiger partial charge on any atom is -0.497 e. The van der Waals surface area contributed by atoms with Gasteiger partial charge in [0.15, 0.2) is 0 Å². The highest BCUT2D eigenvalue weighted by Gasteiger charge is 1.93. The van der Waals surface area contributed by atoms with Crippen LogP contribution in [0.4, 0.5) is 0 Å². The van der Waals surface area contributed by atoms with Gasteiger partial charge in [0.1, 0.15) is 24.7 Å². The Morgan fingerprint density at radius 2 is 1.79 bits per heavy atom. The molecule has 1 aromatic carbocycles. The Balaban J connectivity index is 2.09. The molecule has 1 aromatic rings. The maximum Gasteiger partial charge on any atom is 0.149 e. The number of hydrogen-bond donors (Lipinski definition) is 1. The average molecular weight is 264 g/mol. The van der Waals surface area contributed by atoms with Gasteiger partial charge in [0.2, 0.25) is 0 Å². The third kappa shape index (κ3) is 7.35. The molecule has 4 nitrogen and oxygen atoms in total. The van der Waals surface area contributed by atoms with Gasteiger partial charge >= 0.3 is 0 Å². The average Bonchev–Trinajstić information content (AvgIpc) is 2.46. The Bertz CT molecular complexity index is 392. The summed E-state index contributed by atoms with van der Waals surface area (Å²) in [6, 6.07) is 7.48. The van der Waals surface area contributed by atoms with Gasteiger partial charge in [0.25, 0.3) is 0 Å². The first-order valence-corrected chi connectivity index (χ1v) is 6.40. The van der Waals surface area contributed by atoms with Gasteiger partial charge in [-0.25, -0.2) is 0 Å². The van der Waals surface area contributed by atoms with Gasteiger partial charge in [-0.1, -0.05) is 5.92 Å². The van der Waals surface area contributed by atoms with Crippen molar-refractivity contribution in [3.8, 4) is 23.3 Å². The van der Waals surface area contributed by atoms with Crippen LogP contribution in [-0.4, -0.2) is 40.5 Å². The number of benzene rings is 1. The summed E-state index contributed by atoms with van der Waals surface area (Å²) in [6.07, 6.45) is 1.06. The predicted octanol–water partition coefficient (Wildman–Crippen LogP) is 0.677. The van der Waals surface area contributed by atoms with E-state index in [-0.39, 0.29) is 0 Å². The minimum absolute atomic E-state index is 0.415. The van der Waals surface area contributed by atoms with Crippen molar-refractivity contribution >= 4 is 0 Å². The summed E-state index contributed by atoms with van der Waals surface area (Å²) >= 11 is 0. The van der Waals surface area contributed by atoms with E-state index in [1.807, 2.05) is 24.3 Å². The zero-order valence-electron chi connectivity index (χ0n) is 11.6. The Morgan fingerprint density at radius 3 is 2.47 bits per heavy atom. The summed E-state index contributed by atoms with van der Waals surface area (Å²) in [7, 11) is 3.36. The fourth-order valence-electron chi connectivity index (χ4n) is 1.46. The first-order valence-electron chi connectivity index (χ1n) is 6.40. The standard InChI is InChI=1S/C15H21NO3/c1-17-12-5-11-16-10-3-4-13-19-15-8-6-14(18-2)7-9-15/h6-9,16H,5,10-13H2,1-2H3/p+1. The van der Waals surface area contributed by atoms with Gasteiger partial charge in [-0.15, -0.1) is 0 Å². The van der Waals surface area contributed by atoms with Crippen LogP contribution in [0.15, 0.2) is 24.3 Å². The van der Waals surface area contributed by atoms with E-state index in [0.29, 0.717) is 6.61 Å². The SMILES string of the molecule is COCCC[NH2+]CC#CCOc1ccc(OC)cc1. The summed E-state index contributed by atoms with van der Waals surface area (Å²) in [4.78, 5) is 0. The number of methoxy groups -OCH3 is 2. The lowest BCUT2D eigenvalue weighted by Gasteiger charge is -2.03. The van der Waals surface area contributed by atoms with Crippen LogP contribution >= 0.6 is 0 Å². The molecule has 0 saturated carbocycles. The molecule has 0 radical (unpaired) electrons. The molecule has 2 N–H and O–H groups in total. The van der Waals surface area contributed by atoms with Gasteiger partial charge in [-0.05, 0) is 30.2 Å². The molecule has 0 atom stereocenters. The van der Waals surface area contributed by atoms with E-state index in [2.05, 4.69) is 17.2 Å². The lowest BCUT2D eigenvalue weighted by Crippen LogP contribution is -2.84. The van der Waals surface area contributed by atoms with Crippen LogP contribution in [0.25, 0.3) is 0 Å². The Kier molecular flexibility index (Phi) is 8.28. The Labute approximate surface area is 115 Å². The van der Waals surface area contributed by atoms with Crippen LogP contribution in [0.2, 0.25) is 0 Å². The third-order valence-corrected chi connectivity index (χ3v) is 2.50. The Morgan fingerprint density at radius 1 is 1.05 bits per heavy atom. The number of nitrogens with two attached hydrogens (primary N) is 1. The lowest BCUT2D eigenvalue weighted by molar-refractivity contribution is -0.644. The second-order valence-corrected chi connectivity index (χ2v) is 3.95. The van der Waals surface area contributed by atoms with Crippen LogP contribution in [0.1, 0.15) is 6.42 Å². The van der Waals surface area contributed by atoms with Crippen LogP contribution in [0.3, 0.4) is 0 Å². The van der Waals surface area contributed by atoms with Crippen molar-refractivity contribution in [1.82, 2.24) is 0 Å². The van der Waals surface area contributed by atoms with E-state index in [1.54, 1.807) is 14.2 Å². The van der Waals surface area contributed by atoms with Crippen molar-refractivity contribution in [2.75, 3.05) is 40.5 Å². The molecule has 0 aliphatic rings. The second-order valence-electron chi connectivity index (χ2n) is 3.95. The minimum atomic E-state index is 0.415. The quantitative estimate of drug-likeness (QED) is 0.554. The summed E-state index contributed by atoms with van der Waals surface area (Å²) in [5, 5.41) is 2.17. The fourth-order valence-corrected chi connectivity index (χ4v) is 1.46. The molecule has 0 spiro atoms. The molecular weight excluding hydrogens is 242 g/mol. The van der Waals surface area contributed by atoms with E-state index in [4.69, 9.17) is 14.2 Å². The van der Waals surface area contributed by atoms with Crippen LogP contribution in [-0.2, 0) is 4.74 Å².